The summed E-state index contributed by atoms with van der Waals surface area (Å²) in [5.41, 5.74) is 0. The number of hydrogen-bond donors (Lipinski definition) is 1. The molecular weight excluding hydrogens is 320 g/mol. The molecule has 0 unspecified atom stereocenters. The molecule has 6 nitrogen and oxygen atoms in total. The van der Waals surface area contributed by atoms with E-state index in [1.165, 1.54) is 29.5 Å². The summed E-state index contributed by atoms with van der Waals surface area (Å²) in [6, 6.07) is 0. The van der Waals surface area contributed by atoms with Crippen LogP contribution >= 0.6 is 23.1 Å². The first-order chi connectivity index (χ1) is 10.7. The summed E-state index contributed by atoms with van der Waals surface area (Å²) >= 11 is 2.74. The highest BCUT2D eigenvalue weighted by molar-refractivity contribution is 8.01. The summed E-state index contributed by atoms with van der Waals surface area (Å²) in [7, 11) is 0. The van der Waals surface area contributed by atoms with E-state index in [4.69, 9.17) is 0 Å². The highest BCUT2D eigenvalue weighted by Gasteiger charge is 2.26. The molecule has 0 atom stereocenters. The number of rotatable bonds is 5. The van der Waals surface area contributed by atoms with Crippen LogP contribution in [-0.2, 0) is 9.59 Å². The van der Waals surface area contributed by atoms with Crippen molar-refractivity contribution in [3.05, 3.63) is 0 Å². The third kappa shape index (κ3) is 3.98. The maximum absolute atomic E-state index is 12.1. The van der Waals surface area contributed by atoms with Crippen molar-refractivity contribution in [3.63, 3.8) is 0 Å². The summed E-state index contributed by atoms with van der Waals surface area (Å²) < 4.78 is 0.731. The van der Waals surface area contributed by atoms with Gasteiger partial charge in [-0.3, -0.25) is 9.59 Å². The Balaban J connectivity index is 1.44. The van der Waals surface area contributed by atoms with Gasteiger partial charge in [0, 0.05) is 19.0 Å². The molecule has 2 aliphatic rings. The summed E-state index contributed by atoms with van der Waals surface area (Å²) in [6.45, 7) is 1.75. The van der Waals surface area contributed by atoms with E-state index in [-0.39, 0.29) is 17.7 Å². The molecule has 2 fully saturated rings. The number of hydrogen-bond acceptors (Lipinski definition) is 6. The predicted octanol–water partition coefficient (Wildman–Crippen LogP) is 2.38. The number of carbonyl (C=O) groups is 2. The zero-order chi connectivity index (χ0) is 15.4. The SMILES string of the molecule is O=C(Nc1nnc(SCC(=O)N2CCCCC2)s1)C1CCC1. The molecule has 1 N–H and O–H groups in total. The zero-order valence-electron chi connectivity index (χ0n) is 12.4. The van der Waals surface area contributed by atoms with Crippen LogP contribution in [0, 0.1) is 5.92 Å². The van der Waals surface area contributed by atoms with Gasteiger partial charge in [0.2, 0.25) is 16.9 Å². The molecule has 8 heteroatoms. The molecule has 0 radical (unpaired) electrons. The van der Waals surface area contributed by atoms with Gasteiger partial charge in [0.05, 0.1) is 5.75 Å². The fourth-order valence-corrected chi connectivity index (χ4v) is 4.21. The molecule has 1 aromatic rings. The largest absolute Gasteiger partial charge is 0.342 e. The van der Waals surface area contributed by atoms with Crippen LogP contribution in [0.2, 0.25) is 0 Å². The lowest BCUT2D eigenvalue weighted by atomic mass is 9.85. The minimum absolute atomic E-state index is 0.0448. The molecule has 1 aliphatic carbocycles. The van der Waals surface area contributed by atoms with Crippen LogP contribution in [-0.4, -0.2) is 45.8 Å². The van der Waals surface area contributed by atoms with Gasteiger partial charge in [0.1, 0.15) is 0 Å². The zero-order valence-corrected chi connectivity index (χ0v) is 14.0. The fraction of sp³-hybridized carbons (Fsp3) is 0.714. The van der Waals surface area contributed by atoms with Gasteiger partial charge in [-0.1, -0.05) is 29.5 Å². The first-order valence-corrected chi connectivity index (χ1v) is 9.57. The number of amides is 2. The average Bonchev–Trinajstić information content (AvgIpc) is 2.91. The van der Waals surface area contributed by atoms with Gasteiger partial charge < -0.3 is 10.2 Å². The molecule has 0 bridgehead atoms. The van der Waals surface area contributed by atoms with E-state index in [1.807, 2.05) is 4.90 Å². The Morgan fingerprint density at radius 1 is 1.18 bits per heavy atom. The number of piperidine rings is 1. The molecular formula is C14H20N4O2S2. The van der Waals surface area contributed by atoms with Crippen LogP contribution in [0.4, 0.5) is 5.13 Å². The smallest absolute Gasteiger partial charge is 0.233 e. The molecule has 0 spiro atoms. The third-order valence-electron chi connectivity index (χ3n) is 4.14. The minimum Gasteiger partial charge on any atom is -0.342 e. The summed E-state index contributed by atoms with van der Waals surface area (Å²) in [4.78, 5) is 25.8. The van der Waals surface area contributed by atoms with Crippen LogP contribution in [0.5, 0.6) is 0 Å². The maximum Gasteiger partial charge on any atom is 0.233 e. The lowest BCUT2D eigenvalue weighted by molar-refractivity contribution is -0.129. The van der Waals surface area contributed by atoms with E-state index >= 15 is 0 Å². The first-order valence-electron chi connectivity index (χ1n) is 7.77. The minimum atomic E-state index is 0.0448. The Labute approximate surface area is 138 Å². The second-order valence-electron chi connectivity index (χ2n) is 5.72. The number of nitrogens with zero attached hydrogens (tertiary/aromatic N) is 3. The van der Waals surface area contributed by atoms with Gasteiger partial charge in [-0.05, 0) is 32.1 Å². The van der Waals surface area contributed by atoms with Crippen LogP contribution in [0.25, 0.3) is 0 Å². The predicted molar refractivity (Wildman–Crippen MR) is 87.0 cm³/mol. The third-order valence-corrected chi connectivity index (χ3v) is 6.10. The van der Waals surface area contributed by atoms with Crippen molar-refractivity contribution < 1.29 is 9.59 Å². The first kappa shape index (κ1) is 15.7. The number of anilines is 1. The lowest BCUT2D eigenvalue weighted by Crippen LogP contribution is -2.36. The van der Waals surface area contributed by atoms with E-state index in [0.717, 1.165) is 49.5 Å². The Kier molecular flexibility index (Phi) is 5.30. The van der Waals surface area contributed by atoms with E-state index < -0.39 is 0 Å². The van der Waals surface area contributed by atoms with Crippen molar-refractivity contribution in [2.45, 2.75) is 42.9 Å². The second kappa shape index (κ2) is 7.41. The van der Waals surface area contributed by atoms with Gasteiger partial charge in [-0.2, -0.15) is 0 Å². The average molecular weight is 340 g/mol. The molecule has 22 heavy (non-hydrogen) atoms. The van der Waals surface area contributed by atoms with E-state index in [1.54, 1.807) is 0 Å². The molecule has 2 amide bonds. The topological polar surface area (TPSA) is 75.2 Å². The molecule has 1 saturated carbocycles. The summed E-state index contributed by atoms with van der Waals surface area (Å²) in [5.74, 6) is 0.745. The second-order valence-corrected chi connectivity index (χ2v) is 7.92. The van der Waals surface area contributed by atoms with Crippen LogP contribution in [0.15, 0.2) is 4.34 Å². The monoisotopic (exact) mass is 340 g/mol. The van der Waals surface area contributed by atoms with Crippen LogP contribution < -0.4 is 5.32 Å². The molecule has 0 aromatic carbocycles. The Morgan fingerprint density at radius 3 is 2.64 bits per heavy atom. The highest BCUT2D eigenvalue weighted by Crippen LogP contribution is 2.30. The van der Waals surface area contributed by atoms with E-state index in [9.17, 15) is 9.59 Å². The number of nitrogens with one attached hydrogen (secondary N) is 1. The normalized spacial score (nSPS) is 18.8. The highest BCUT2D eigenvalue weighted by atomic mass is 32.2. The van der Waals surface area contributed by atoms with Crippen molar-refractivity contribution in [1.29, 1.82) is 0 Å². The molecule has 1 aliphatic heterocycles. The van der Waals surface area contributed by atoms with Crippen molar-refractivity contribution in [2.75, 3.05) is 24.2 Å². The molecule has 3 rings (SSSR count). The Bertz CT molecular complexity index is 539. The van der Waals surface area contributed by atoms with Gasteiger partial charge in [-0.25, -0.2) is 0 Å². The number of thioether (sulfide) groups is 1. The van der Waals surface area contributed by atoms with Crippen molar-refractivity contribution in [2.24, 2.45) is 5.92 Å². The summed E-state index contributed by atoms with van der Waals surface area (Å²) in [6.07, 6.45) is 6.50. The Morgan fingerprint density at radius 2 is 1.95 bits per heavy atom. The summed E-state index contributed by atoms with van der Waals surface area (Å²) in [5, 5.41) is 11.4. The quantitative estimate of drug-likeness (QED) is 0.658. The van der Waals surface area contributed by atoms with E-state index in [2.05, 4.69) is 15.5 Å². The van der Waals surface area contributed by atoms with Gasteiger partial charge >= 0.3 is 0 Å². The van der Waals surface area contributed by atoms with Crippen molar-refractivity contribution >= 4 is 40.0 Å². The van der Waals surface area contributed by atoms with Crippen LogP contribution in [0.3, 0.4) is 0 Å². The molecule has 120 valence electrons. The van der Waals surface area contributed by atoms with Crippen LogP contribution in [0.1, 0.15) is 38.5 Å². The number of carbonyl (C=O) groups excluding carboxylic acids is 2. The fourth-order valence-electron chi connectivity index (χ4n) is 2.55. The standard InChI is InChI=1S/C14H20N4O2S2/c19-11(18-7-2-1-3-8-18)9-21-14-17-16-13(22-14)15-12(20)10-5-4-6-10/h10H,1-9H2,(H,15,16,20). The van der Waals surface area contributed by atoms with Gasteiger partial charge in [0.15, 0.2) is 4.34 Å². The van der Waals surface area contributed by atoms with Crippen molar-refractivity contribution in [3.8, 4) is 0 Å². The van der Waals surface area contributed by atoms with Gasteiger partial charge in [0.25, 0.3) is 0 Å². The molecule has 1 saturated heterocycles. The van der Waals surface area contributed by atoms with E-state index in [0.29, 0.717) is 10.9 Å². The maximum atomic E-state index is 12.1. The Hall–Kier alpha value is -1.15. The molecule has 1 aromatic heterocycles. The number of aromatic nitrogens is 2. The van der Waals surface area contributed by atoms with Gasteiger partial charge in [-0.15, -0.1) is 10.2 Å². The molecule has 2 heterocycles. The number of likely N-dealkylation sites (tertiary alicyclic amines) is 1. The lowest BCUT2D eigenvalue weighted by Gasteiger charge is -2.26. The van der Waals surface area contributed by atoms with Crippen molar-refractivity contribution in [1.82, 2.24) is 15.1 Å².